The third-order valence-corrected chi connectivity index (χ3v) is 3.71. The van der Waals surface area contributed by atoms with Gasteiger partial charge in [-0.15, -0.1) is 0 Å². The number of benzene rings is 2. The van der Waals surface area contributed by atoms with E-state index >= 15 is 0 Å². The van der Waals surface area contributed by atoms with Gasteiger partial charge in [0.05, 0.1) is 11.8 Å². The Bertz CT molecular complexity index is 621. The van der Waals surface area contributed by atoms with Gasteiger partial charge in [0.1, 0.15) is 0 Å². The van der Waals surface area contributed by atoms with E-state index in [9.17, 15) is 5.11 Å². The lowest BCUT2D eigenvalue weighted by Crippen LogP contribution is -2.04. The van der Waals surface area contributed by atoms with Gasteiger partial charge in [0.2, 0.25) is 0 Å². The van der Waals surface area contributed by atoms with Gasteiger partial charge >= 0.3 is 0 Å². The molecule has 0 saturated heterocycles. The highest BCUT2D eigenvalue weighted by Gasteiger charge is 2.03. The van der Waals surface area contributed by atoms with Crippen molar-refractivity contribution in [2.75, 3.05) is 0 Å². The molecule has 120 valence electrons. The summed E-state index contributed by atoms with van der Waals surface area (Å²) in [5.41, 5.74) is 2.82. The highest BCUT2D eigenvalue weighted by Crippen LogP contribution is 2.09. The van der Waals surface area contributed by atoms with Crippen LogP contribution < -0.4 is 0 Å². The predicted octanol–water partition coefficient (Wildman–Crippen LogP) is 4.20. The predicted molar refractivity (Wildman–Crippen MR) is 93.9 cm³/mol. The standard InChI is InChI=1S/C20H23NO2/c22-19(16-15-17-9-3-1-4-10-17)13-7-8-14-20(21-23)18-11-5-2-6-12-18/h1-7,9-13,19,22-23H,8,14-16H2/b13-7+,21-20-/t19-/m0/s1. The van der Waals surface area contributed by atoms with Crippen molar-refractivity contribution in [3.05, 3.63) is 83.9 Å². The largest absolute Gasteiger partial charge is 0.411 e. The van der Waals surface area contributed by atoms with Gasteiger partial charge in [-0.3, -0.25) is 0 Å². The third-order valence-electron chi connectivity index (χ3n) is 3.71. The van der Waals surface area contributed by atoms with E-state index in [0.717, 1.165) is 18.4 Å². The van der Waals surface area contributed by atoms with E-state index in [4.69, 9.17) is 5.21 Å². The number of rotatable bonds is 8. The second-order valence-corrected chi connectivity index (χ2v) is 5.47. The first-order valence-electron chi connectivity index (χ1n) is 7.94. The van der Waals surface area contributed by atoms with Crippen LogP contribution >= 0.6 is 0 Å². The molecule has 3 heteroatoms. The van der Waals surface area contributed by atoms with Crippen LogP contribution in [0.5, 0.6) is 0 Å². The van der Waals surface area contributed by atoms with Crippen molar-refractivity contribution in [2.24, 2.45) is 5.16 Å². The average Bonchev–Trinajstić information content (AvgIpc) is 2.61. The molecule has 0 saturated carbocycles. The monoisotopic (exact) mass is 309 g/mol. The molecule has 0 bridgehead atoms. The van der Waals surface area contributed by atoms with Gasteiger partial charge < -0.3 is 10.3 Å². The first kappa shape index (κ1) is 17.0. The quantitative estimate of drug-likeness (QED) is 0.332. The van der Waals surface area contributed by atoms with Crippen LogP contribution in [-0.2, 0) is 6.42 Å². The van der Waals surface area contributed by atoms with Crippen LogP contribution in [0.15, 0.2) is 78.0 Å². The molecule has 1 atom stereocenters. The number of aliphatic hydroxyl groups is 1. The normalized spacial score (nSPS) is 13.3. The molecule has 0 unspecified atom stereocenters. The molecule has 0 aliphatic rings. The summed E-state index contributed by atoms with van der Waals surface area (Å²) in [4.78, 5) is 0. The van der Waals surface area contributed by atoms with Crippen LogP contribution in [0.3, 0.4) is 0 Å². The van der Waals surface area contributed by atoms with Crippen LogP contribution in [-0.4, -0.2) is 22.1 Å². The summed E-state index contributed by atoms with van der Waals surface area (Å²) in [7, 11) is 0. The molecular formula is C20H23NO2. The molecule has 0 fully saturated rings. The molecule has 0 aliphatic carbocycles. The van der Waals surface area contributed by atoms with Crippen molar-refractivity contribution >= 4 is 5.71 Å². The Morgan fingerprint density at radius 2 is 1.65 bits per heavy atom. The Morgan fingerprint density at radius 3 is 2.30 bits per heavy atom. The van der Waals surface area contributed by atoms with E-state index < -0.39 is 6.10 Å². The Kier molecular flexibility index (Phi) is 7.08. The second kappa shape index (κ2) is 9.59. The maximum Gasteiger partial charge on any atom is 0.0870 e. The van der Waals surface area contributed by atoms with Crippen LogP contribution in [0, 0.1) is 0 Å². The first-order valence-corrected chi connectivity index (χ1v) is 7.94. The lowest BCUT2D eigenvalue weighted by Gasteiger charge is -2.06. The molecule has 2 aromatic carbocycles. The van der Waals surface area contributed by atoms with Gasteiger partial charge in [0, 0.05) is 0 Å². The van der Waals surface area contributed by atoms with E-state index in [2.05, 4.69) is 17.3 Å². The van der Waals surface area contributed by atoms with Crippen molar-refractivity contribution < 1.29 is 10.3 Å². The molecule has 0 heterocycles. The van der Waals surface area contributed by atoms with Crippen LogP contribution in [0.25, 0.3) is 0 Å². The maximum absolute atomic E-state index is 9.98. The molecule has 0 aliphatic heterocycles. The van der Waals surface area contributed by atoms with Crippen LogP contribution in [0.1, 0.15) is 30.4 Å². The Hall–Kier alpha value is -2.39. The Morgan fingerprint density at radius 1 is 1.00 bits per heavy atom. The van der Waals surface area contributed by atoms with Crippen molar-refractivity contribution in [3.8, 4) is 0 Å². The fourth-order valence-electron chi connectivity index (χ4n) is 2.41. The van der Waals surface area contributed by atoms with E-state index in [1.807, 2.05) is 60.7 Å². The molecule has 2 aromatic rings. The fourth-order valence-corrected chi connectivity index (χ4v) is 2.41. The van der Waals surface area contributed by atoms with E-state index in [0.29, 0.717) is 18.6 Å². The molecule has 2 N–H and O–H groups in total. The summed E-state index contributed by atoms with van der Waals surface area (Å²) in [6.07, 6.45) is 6.27. The van der Waals surface area contributed by atoms with Crippen LogP contribution in [0.4, 0.5) is 0 Å². The van der Waals surface area contributed by atoms with E-state index in [1.165, 1.54) is 5.56 Å². The molecule has 3 nitrogen and oxygen atoms in total. The summed E-state index contributed by atoms with van der Waals surface area (Å²) >= 11 is 0. The SMILES string of the molecule is O/N=C(/CC/C=C/[C@H](O)CCc1ccccc1)c1ccccc1. The highest BCUT2D eigenvalue weighted by atomic mass is 16.4. The van der Waals surface area contributed by atoms with Gasteiger partial charge in [-0.05, 0) is 36.8 Å². The summed E-state index contributed by atoms with van der Waals surface area (Å²) in [5.74, 6) is 0. The van der Waals surface area contributed by atoms with Crippen molar-refractivity contribution in [1.29, 1.82) is 0 Å². The first-order chi connectivity index (χ1) is 11.3. The van der Waals surface area contributed by atoms with E-state index in [-0.39, 0.29) is 0 Å². The molecule has 0 spiro atoms. The minimum Gasteiger partial charge on any atom is -0.411 e. The number of aryl methyl sites for hydroxylation is 1. The minimum absolute atomic E-state index is 0.443. The minimum atomic E-state index is -0.443. The third kappa shape index (κ3) is 6.09. The zero-order valence-corrected chi connectivity index (χ0v) is 13.2. The van der Waals surface area contributed by atoms with Gasteiger partial charge in [-0.1, -0.05) is 78.0 Å². The van der Waals surface area contributed by atoms with Crippen LogP contribution in [0.2, 0.25) is 0 Å². The maximum atomic E-state index is 9.98. The molecule has 0 amide bonds. The van der Waals surface area contributed by atoms with Gasteiger partial charge in [0.25, 0.3) is 0 Å². The van der Waals surface area contributed by atoms with Crippen molar-refractivity contribution in [3.63, 3.8) is 0 Å². The molecule has 23 heavy (non-hydrogen) atoms. The van der Waals surface area contributed by atoms with Crippen molar-refractivity contribution in [1.82, 2.24) is 0 Å². The second-order valence-electron chi connectivity index (χ2n) is 5.47. The molecule has 0 aromatic heterocycles. The number of allylic oxidation sites excluding steroid dienone is 1. The molecular weight excluding hydrogens is 286 g/mol. The number of oxime groups is 1. The van der Waals surface area contributed by atoms with Gasteiger partial charge in [-0.25, -0.2) is 0 Å². The number of hydrogen-bond donors (Lipinski definition) is 2. The molecule has 2 rings (SSSR count). The number of aliphatic hydroxyl groups excluding tert-OH is 1. The smallest absolute Gasteiger partial charge is 0.0870 e. The topological polar surface area (TPSA) is 52.8 Å². The van der Waals surface area contributed by atoms with E-state index in [1.54, 1.807) is 0 Å². The summed E-state index contributed by atoms with van der Waals surface area (Å²) < 4.78 is 0. The zero-order valence-electron chi connectivity index (χ0n) is 13.2. The summed E-state index contributed by atoms with van der Waals surface area (Å²) in [5, 5.41) is 22.5. The average molecular weight is 309 g/mol. The zero-order chi connectivity index (χ0) is 16.3. The number of hydrogen-bond acceptors (Lipinski definition) is 3. The summed E-state index contributed by atoms with van der Waals surface area (Å²) in [6, 6.07) is 19.8. The van der Waals surface area contributed by atoms with Gasteiger partial charge in [0.15, 0.2) is 0 Å². The van der Waals surface area contributed by atoms with Crippen molar-refractivity contribution in [2.45, 2.75) is 31.8 Å². The van der Waals surface area contributed by atoms with Gasteiger partial charge in [-0.2, -0.15) is 0 Å². The summed E-state index contributed by atoms with van der Waals surface area (Å²) in [6.45, 7) is 0. The number of nitrogens with zero attached hydrogens (tertiary/aromatic N) is 1. The Labute approximate surface area is 137 Å². The molecule has 0 radical (unpaired) electrons. The highest BCUT2D eigenvalue weighted by molar-refractivity contribution is 6.00. The Balaban J connectivity index is 1.73. The fraction of sp³-hybridized carbons (Fsp3) is 0.250. The lowest BCUT2D eigenvalue weighted by molar-refractivity contribution is 0.212. The lowest BCUT2D eigenvalue weighted by atomic mass is 10.0.